The second-order valence-electron chi connectivity index (χ2n) is 9.37. The van der Waals surface area contributed by atoms with Gasteiger partial charge >= 0.3 is 0 Å². The lowest BCUT2D eigenvalue weighted by Gasteiger charge is -2.28. The van der Waals surface area contributed by atoms with Gasteiger partial charge in [0.15, 0.2) is 0 Å². The molecule has 1 aliphatic heterocycles. The number of carbonyl (C=O) groups excluding carboxylic acids is 1. The molecule has 1 atom stereocenters. The van der Waals surface area contributed by atoms with Gasteiger partial charge in [0.2, 0.25) is 5.95 Å². The number of rotatable bonds is 6. The van der Waals surface area contributed by atoms with Crippen molar-refractivity contribution in [2.24, 2.45) is 5.41 Å². The zero-order valence-electron chi connectivity index (χ0n) is 19.8. The van der Waals surface area contributed by atoms with Crippen LogP contribution in [0.1, 0.15) is 20.8 Å². The van der Waals surface area contributed by atoms with E-state index in [0.29, 0.717) is 11.6 Å². The third-order valence-electron chi connectivity index (χ3n) is 5.67. The molecule has 0 saturated carbocycles. The highest BCUT2D eigenvalue weighted by Crippen LogP contribution is 2.24. The first-order chi connectivity index (χ1) is 16.3. The fraction of sp³-hybridized carbons (Fsp3) is 0.346. The van der Waals surface area contributed by atoms with Crippen LogP contribution >= 0.6 is 0 Å². The highest BCUT2D eigenvalue weighted by Gasteiger charge is 2.29. The molecular formula is C26H31N5O3. The molecule has 1 unspecified atom stereocenters. The fourth-order valence-electron chi connectivity index (χ4n) is 3.61. The zero-order valence-corrected chi connectivity index (χ0v) is 19.8. The first kappa shape index (κ1) is 23.7. The van der Waals surface area contributed by atoms with E-state index in [1.165, 1.54) is 5.69 Å². The van der Waals surface area contributed by atoms with Gasteiger partial charge in [0, 0.05) is 41.9 Å². The molecule has 0 radical (unpaired) electrons. The first-order valence-electron chi connectivity index (χ1n) is 11.4. The molecule has 3 N–H and O–H groups in total. The number of hydrogen-bond acceptors (Lipinski definition) is 7. The van der Waals surface area contributed by atoms with Crippen LogP contribution in [0.2, 0.25) is 0 Å². The number of morpholine rings is 1. The predicted octanol–water partition coefficient (Wildman–Crippen LogP) is 4.07. The molecule has 1 saturated heterocycles. The molecule has 4 rings (SSSR count). The van der Waals surface area contributed by atoms with Crippen molar-refractivity contribution < 1.29 is 14.6 Å². The SMILES string of the molecule is CC(C)(C)C(O)C(=O)Nc1ccc(-c2ccnc(Nc3ccc(N4CCOCC4)cc3)n2)cc1. The lowest BCUT2D eigenvalue weighted by molar-refractivity contribution is -0.129. The van der Waals surface area contributed by atoms with Crippen LogP contribution in [0.25, 0.3) is 11.3 Å². The molecule has 1 amide bonds. The normalized spacial score (nSPS) is 15.0. The van der Waals surface area contributed by atoms with E-state index < -0.39 is 17.4 Å². The van der Waals surface area contributed by atoms with Gasteiger partial charge in [0.1, 0.15) is 6.10 Å². The van der Waals surface area contributed by atoms with Crippen molar-refractivity contribution in [1.29, 1.82) is 0 Å². The summed E-state index contributed by atoms with van der Waals surface area (Å²) in [4.78, 5) is 23.5. The summed E-state index contributed by atoms with van der Waals surface area (Å²) >= 11 is 0. The summed E-state index contributed by atoms with van der Waals surface area (Å²) in [5.41, 5.74) is 3.81. The smallest absolute Gasteiger partial charge is 0.253 e. The topological polar surface area (TPSA) is 99.6 Å². The average Bonchev–Trinajstić information content (AvgIpc) is 2.84. The maximum atomic E-state index is 12.2. The Balaban J connectivity index is 1.40. The van der Waals surface area contributed by atoms with Crippen molar-refractivity contribution in [2.75, 3.05) is 41.8 Å². The number of ether oxygens (including phenoxy) is 1. The quantitative estimate of drug-likeness (QED) is 0.509. The zero-order chi connectivity index (χ0) is 24.1. The van der Waals surface area contributed by atoms with Crippen LogP contribution in [-0.4, -0.2) is 53.4 Å². The Morgan fingerprint density at radius 2 is 1.65 bits per heavy atom. The molecule has 8 heteroatoms. The molecule has 0 spiro atoms. The van der Waals surface area contributed by atoms with Gasteiger partial charge < -0.3 is 25.4 Å². The Labute approximate surface area is 200 Å². The van der Waals surface area contributed by atoms with Crippen LogP contribution in [0.15, 0.2) is 60.8 Å². The number of benzene rings is 2. The van der Waals surface area contributed by atoms with Gasteiger partial charge in [0.05, 0.1) is 18.9 Å². The maximum absolute atomic E-state index is 12.2. The number of aliphatic hydroxyl groups is 1. The van der Waals surface area contributed by atoms with Gasteiger partial charge in [0.25, 0.3) is 5.91 Å². The summed E-state index contributed by atoms with van der Waals surface area (Å²) < 4.78 is 5.42. The molecule has 178 valence electrons. The van der Waals surface area contributed by atoms with Crippen LogP contribution in [0.3, 0.4) is 0 Å². The van der Waals surface area contributed by atoms with Crippen LogP contribution in [0.5, 0.6) is 0 Å². The number of hydrogen-bond donors (Lipinski definition) is 3. The van der Waals surface area contributed by atoms with Crippen molar-refractivity contribution in [3.63, 3.8) is 0 Å². The van der Waals surface area contributed by atoms with E-state index in [0.717, 1.165) is 43.2 Å². The number of carbonyl (C=O) groups is 1. The molecule has 1 fully saturated rings. The number of aliphatic hydroxyl groups excluding tert-OH is 1. The third kappa shape index (κ3) is 5.89. The minimum absolute atomic E-state index is 0.423. The van der Waals surface area contributed by atoms with Gasteiger partial charge in [-0.3, -0.25) is 4.79 Å². The highest BCUT2D eigenvalue weighted by molar-refractivity contribution is 5.94. The Bertz CT molecular complexity index is 1100. The van der Waals surface area contributed by atoms with E-state index in [1.54, 1.807) is 18.3 Å². The van der Waals surface area contributed by atoms with E-state index in [-0.39, 0.29) is 0 Å². The third-order valence-corrected chi connectivity index (χ3v) is 5.67. The molecule has 2 heterocycles. The van der Waals surface area contributed by atoms with E-state index in [9.17, 15) is 9.90 Å². The Hall–Kier alpha value is -3.49. The lowest BCUT2D eigenvalue weighted by atomic mass is 9.88. The Morgan fingerprint density at radius 1 is 1.00 bits per heavy atom. The molecule has 0 bridgehead atoms. The van der Waals surface area contributed by atoms with Crippen molar-refractivity contribution in [2.45, 2.75) is 26.9 Å². The summed E-state index contributed by atoms with van der Waals surface area (Å²) in [6, 6.07) is 17.4. The monoisotopic (exact) mass is 461 g/mol. The Kier molecular flexibility index (Phi) is 7.09. The minimum Gasteiger partial charge on any atom is -0.383 e. The summed E-state index contributed by atoms with van der Waals surface area (Å²) in [5, 5.41) is 16.2. The molecule has 2 aromatic carbocycles. The molecule has 1 aromatic heterocycles. The van der Waals surface area contributed by atoms with Gasteiger partial charge in [-0.25, -0.2) is 9.97 Å². The van der Waals surface area contributed by atoms with Crippen molar-refractivity contribution in [3.05, 3.63) is 60.8 Å². The van der Waals surface area contributed by atoms with Crippen LogP contribution < -0.4 is 15.5 Å². The molecule has 34 heavy (non-hydrogen) atoms. The highest BCUT2D eigenvalue weighted by atomic mass is 16.5. The molecular weight excluding hydrogens is 430 g/mol. The minimum atomic E-state index is -1.09. The lowest BCUT2D eigenvalue weighted by Crippen LogP contribution is -2.38. The van der Waals surface area contributed by atoms with E-state index in [4.69, 9.17) is 4.74 Å². The Morgan fingerprint density at radius 3 is 2.29 bits per heavy atom. The number of amides is 1. The van der Waals surface area contributed by atoms with Crippen molar-refractivity contribution in [1.82, 2.24) is 9.97 Å². The second-order valence-corrected chi connectivity index (χ2v) is 9.37. The van der Waals surface area contributed by atoms with Crippen molar-refractivity contribution >= 4 is 28.9 Å². The number of nitrogens with one attached hydrogen (secondary N) is 2. The summed E-state index contributed by atoms with van der Waals surface area (Å²) in [6.07, 6.45) is 0.618. The molecule has 1 aliphatic rings. The van der Waals surface area contributed by atoms with Gasteiger partial charge in [-0.2, -0.15) is 0 Å². The van der Waals surface area contributed by atoms with E-state index >= 15 is 0 Å². The van der Waals surface area contributed by atoms with Crippen molar-refractivity contribution in [3.8, 4) is 11.3 Å². The number of anilines is 4. The molecule has 8 nitrogen and oxygen atoms in total. The molecule has 0 aliphatic carbocycles. The first-order valence-corrected chi connectivity index (χ1v) is 11.4. The summed E-state index contributed by atoms with van der Waals surface area (Å²) in [7, 11) is 0. The average molecular weight is 462 g/mol. The second kappa shape index (κ2) is 10.2. The van der Waals surface area contributed by atoms with Crippen LogP contribution in [0, 0.1) is 5.41 Å². The largest absolute Gasteiger partial charge is 0.383 e. The predicted molar refractivity (Wildman–Crippen MR) is 134 cm³/mol. The fourth-order valence-corrected chi connectivity index (χ4v) is 3.61. The standard InChI is InChI=1S/C26H31N5O3/c1-26(2,3)23(32)24(33)28-19-6-4-18(5-7-19)22-12-13-27-25(30-22)29-20-8-10-21(11-9-20)31-14-16-34-17-15-31/h4-13,23,32H,14-17H2,1-3H3,(H,28,33)(H,27,29,30). The van der Waals surface area contributed by atoms with E-state index in [1.807, 2.05) is 51.1 Å². The van der Waals surface area contributed by atoms with Gasteiger partial charge in [-0.05, 0) is 47.9 Å². The molecule has 3 aromatic rings. The van der Waals surface area contributed by atoms with Crippen LogP contribution in [0.4, 0.5) is 23.0 Å². The van der Waals surface area contributed by atoms with E-state index in [2.05, 4.69) is 37.6 Å². The summed E-state index contributed by atoms with van der Waals surface area (Å²) in [6.45, 7) is 8.77. The van der Waals surface area contributed by atoms with Gasteiger partial charge in [-0.1, -0.05) is 32.9 Å². The number of aromatic nitrogens is 2. The van der Waals surface area contributed by atoms with Gasteiger partial charge in [-0.15, -0.1) is 0 Å². The number of nitrogens with zero attached hydrogens (tertiary/aromatic N) is 3. The van der Waals surface area contributed by atoms with Crippen LogP contribution in [-0.2, 0) is 9.53 Å². The summed E-state index contributed by atoms with van der Waals surface area (Å²) in [5.74, 6) is 0.0794. The maximum Gasteiger partial charge on any atom is 0.253 e.